The van der Waals surface area contributed by atoms with Gasteiger partial charge in [-0.1, -0.05) is 177 Å². The van der Waals surface area contributed by atoms with Crippen molar-refractivity contribution in [3.63, 3.8) is 0 Å². The predicted molar refractivity (Wildman–Crippen MR) is 233 cm³/mol. The van der Waals surface area contributed by atoms with Gasteiger partial charge in [0.25, 0.3) is 0 Å². The zero-order valence-corrected chi connectivity index (χ0v) is 31.3. The summed E-state index contributed by atoms with van der Waals surface area (Å²) in [5.74, 6) is 1.32. The van der Waals surface area contributed by atoms with E-state index in [1.54, 1.807) is 0 Å². The molecule has 2 unspecified atom stereocenters. The quantitative estimate of drug-likeness (QED) is 0.164. The van der Waals surface area contributed by atoms with Crippen molar-refractivity contribution in [2.45, 2.75) is 19.3 Å². The maximum Gasteiger partial charge on any atom is 0.160 e. The summed E-state index contributed by atoms with van der Waals surface area (Å²) in [6.45, 7) is 2.27. The lowest BCUT2D eigenvalue weighted by atomic mass is 9.86. The van der Waals surface area contributed by atoms with Crippen LogP contribution in [0.15, 0.2) is 200 Å². The molecule has 0 spiro atoms. The Morgan fingerprint density at radius 1 is 0.411 bits per heavy atom. The Hall–Kier alpha value is -6.90. The molecule has 56 heavy (non-hydrogen) atoms. The van der Waals surface area contributed by atoms with Crippen LogP contribution in [0.25, 0.3) is 78.3 Å². The minimum atomic E-state index is 0.188. The van der Waals surface area contributed by atoms with Crippen molar-refractivity contribution < 1.29 is 0 Å². The van der Waals surface area contributed by atoms with Crippen LogP contribution in [0, 0.1) is 5.92 Å². The fourth-order valence-electron chi connectivity index (χ4n) is 8.44. The number of hydrogen-bond donors (Lipinski definition) is 0. The molecular formula is C54H40N2. The van der Waals surface area contributed by atoms with E-state index in [0.717, 1.165) is 34.8 Å². The van der Waals surface area contributed by atoms with E-state index in [4.69, 9.17) is 9.97 Å². The summed E-state index contributed by atoms with van der Waals surface area (Å²) in [4.78, 5) is 10.6. The van der Waals surface area contributed by atoms with E-state index < -0.39 is 0 Å². The van der Waals surface area contributed by atoms with Crippen LogP contribution < -0.4 is 0 Å². The molecule has 266 valence electrons. The zero-order chi connectivity index (χ0) is 37.4. The highest BCUT2D eigenvalue weighted by atomic mass is 14.9. The molecule has 2 aliphatic rings. The first-order valence-electron chi connectivity index (χ1n) is 19.6. The van der Waals surface area contributed by atoms with E-state index in [2.05, 4.69) is 207 Å². The lowest BCUT2D eigenvalue weighted by Gasteiger charge is -2.21. The molecule has 10 rings (SSSR count). The molecule has 0 saturated carbocycles. The Morgan fingerprint density at radius 2 is 0.964 bits per heavy atom. The van der Waals surface area contributed by atoms with Crippen LogP contribution in [0.1, 0.15) is 29.7 Å². The number of benzene rings is 7. The highest BCUT2D eigenvalue weighted by Crippen LogP contribution is 2.45. The summed E-state index contributed by atoms with van der Waals surface area (Å²) < 4.78 is 0. The molecule has 0 saturated heterocycles. The van der Waals surface area contributed by atoms with Crippen LogP contribution >= 0.6 is 0 Å². The molecule has 1 aromatic heterocycles. The van der Waals surface area contributed by atoms with Gasteiger partial charge in [-0.05, 0) is 109 Å². The molecule has 1 heterocycles. The van der Waals surface area contributed by atoms with Crippen molar-refractivity contribution in [1.29, 1.82) is 0 Å². The third kappa shape index (κ3) is 6.40. The molecule has 0 radical (unpaired) electrons. The van der Waals surface area contributed by atoms with Crippen molar-refractivity contribution in [3.05, 3.63) is 217 Å². The smallest absolute Gasteiger partial charge is 0.160 e. The second-order valence-corrected chi connectivity index (χ2v) is 15.0. The number of fused-ring (bicyclic) bond motifs is 3. The van der Waals surface area contributed by atoms with Crippen molar-refractivity contribution in [1.82, 2.24) is 9.97 Å². The second-order valence-electron chi connectivity index (χ2n) is 15.0. The Morgan fingerprint density at radius 3 is 1.59 bits per heavy atom. The fourth-order valence-corrected chi connectivity index (χ4v) is 8.44. The van der Waals surface area contributed by atoms with Crippen molar-refractivity contribution in [2.75, 3.05) is 0 Å². The molecule has 2 nitrogen and oxygen atoms in total. The van der Waals surface area contributed by atoms with E-state index >= 15 is 0 Å². The SMILES string of the molecule is CC1C=CC=CC1c1cc(-c2ccccc2)nc(-c2cccc3c2-c2cc(-c4ccc(-c5cc(-c6ccccc6)cc(-c6ccccc6)c5)cc4)ccc2C3)n1. The first-order chi connectivity index (χ1) is 27.6. The van der Waals surface area contributed by atoms with Gasteiger partial charge in [-0.15, -0.1) is 0 Å². The average Bonchev–Trinajstić information content (AvgIpc) is 3.65. The molecule has 2 heteroatoms. The minimum Gasteiger partial charge on any atom is -0.232 e. The van der Waals surface area contributed by atoms with Gasteiger partial charge in [0.2, 0.25) is 0 Å². The zero-order valence-electron chi connectivity index (χ0n) is 31.3. The van der Waals surface area contributed by atoms with Crippen LogP contribution in [-0.4, -0.2) is 9.97 Å². The lowest BCUT2D eigenvalue weighted by Crippen LogP contribution is -2.11. The van der Waals surface area contributed by atoms with Gasteiger partial charge in [-0.2, -0.15) is 0 Å². The van der Waals surface area contributed by atoms with Crippen LogP contribution in [-0.2, 0) is 6.42 Å². The number of allylic oxidation sites excluding steroid dienone is 4. The maximum atomic E-state index is 5.33. The Balaban J connectivity index is 1.03. The van der Waals surface area contributed by atoms with Gasteiger partial charge in [0.05, 0.1) is 11.4 Å². The Kier molecular flexibility index (Phi) is 8.65. The molecule has 0 fully saturated rings. The first-order valence-corrected chi connectivity index (χ1v) is 19.6. The van der Waals surface area contributed by atoms with Crippen LogP contribution in [0.2, 0.25) is 0 Å². The van der Waals surface area contributed by atoms with Gasteiger partial charge in [-0.25, -0.2) is 9.97 Å². The number of nitrogens with zero attached hydrogens (tertiary/aromatic N) is 2. The third-order valence-electron chi connectivity index (χ3n) is 11.4. The Bertz CT molecular complexity index is 2700. The minimum absolute atomic E-state index is 0.188. The molecule has 0 bridgehead atoms. The van der Waals surface area contributed by atoms with E-state index in [1.807, 2.05) is 0 Å². The standard InChI is InChI=1S/C54H40N2/c1-36-14-11-12-22-48(36)52-35-51(41-19-9-4-10-20-41)55-54(56-52)49-23-13-21-44-30-43-29-28-42(34-50(43)53(44)49)39-24-26-40(27-25-39)47-32-45(37-15-5-2-6-16-37)31-46(33-47)38-17-7-3-8-18-38/h2-29,31-36,48H,30H2,1H3. The van der Waals surface area contributed by atoms with E-state index in [-0.39, 0.29) is 5.92 Å². The van der Waals surface area contributed by atoms with Crippen molar-refractivity contribution >= 4 is 0 Å². The lowest BCUT2D eigenvalue weighted by molar-refractivity contribution is 0.619. The van der Waals surface area contributed by atoms with E-state index in [1.165, 1.54) is 66.8 Å². The Labute approximate surface area is 329 Å². The van der Waals surface area contributed by atoms with Gasteiger partial charge >= 0.3 is 0 Å². The van der Waals surface area contributed by atoms with Gasteiger partial charge in [0.1, 0.15) is 0 Å². The number of rotatable bonds is 7. The third-order valence-corrected chi connectivity index (χ3v) is 11.4. The summed E-state index contributed by atoms with van der Waals surface area (Å²) >= 11 is 0. The molecule has 8 aromatic rings. The fraction of sp³-hybridized carbons (Fsp3) is 0.0741. The summed E-state index contributed by atoms with van der Waals surface area (Å²) in [5.41, 5.74) is 19.0. The molecule has 2 atom stereocenters. The molecule has 0 amide bonds. The maximum absolute atomic E-state index is 5.33. The summed E-state index contributed by atoms with van der Waals surface area (Å²) in [5, 5.41) is 0. The van der Waals surface area contributed by atoms with Crippen molar-refractivity contribution in [2.24, 2.45) is 5.92 Å². The highest BCUT2D eigenvalue weighted by molar-refractivity contribution is 5.91. The average molecular weight is 717 g/mol. The molecule has 7 aromatic carbocycles. The van der Waals surface area contributed by atoms with Crippen molar-refractivity contribution in [3.8, 4) is 78.3 Å². The largest absolute Gasteiger partial charge is 0.232 e. The highest BCUT2D eigenvalue weighted by Gasteiger charge is 2.26. The van der Waals surface area contributed by atoms with Gasteiger partial charge in [0, 0.05) is 17.0 Å². The summed E-state index contributed by atoms with van der Waals surface area (Å²) in [6, 6.07) is 63.6. The summed E-state index contributed by atoms with van der Waals surface area (Å²) in [7, 11) is 0. The normalized spacial score (nSPS) is 15.4. The molecule has 0 N–H and O–H groups in total. The monoisotopic (exact) mass is 716 g/mol. The first kappa shape index (κ1) is 33.7. The molecule has 0 aliphatic heterocycles. The van der Waals surface area contributed by atoms with Gasteiger partial charge < -0.3 is 0 Å². The topological polar surface area (TPSA) is 25.8 Å². The van der Waals surface area contributed by atoms with Gasteiger partial charge in [0.15, 0.2) is 5.82 Å². The van der Waals surface area contributed by atoms with Gasteiger partial charge in [-0.3, -0.25) is 0 Å². The van der Waals surface area contributed by atoms with Crippen LogP contribution in [0.3, 0.4) is 0 Å². The van der Waals surface area contributed by atoms with E-state index in [9.17, 15) is 0 Å². The molecular weight excluding hydrogens is 677 g/mol. The van der Waals surface area contributed by atoms with Crippen LogP contribution in [0.4, 0.5) is 0 Å². The van der Waals surface area contributed by atoms with Crippen LogP contribution in [0.5, 0.6) is 0 Å². The number of hydrogen-bond acceptors (Lipinski definition) is 2. The second kappa shape index (κ2) is 14.4. The molecule has 2 aliphatic carbocycles. The van der Waals surface area contributed by atoms with E-state index in [0.29, 0.717) is 5.92 Å². The predicted octanol–water partition coefficient (Wildman–Crippen LogP) is 13.9. The summed E-state index contributed by atoms with van der Waals surface area (Å²) in [6.07, 6.45) is 9.72. The number of aromatic nitrogens is 2.